The smallest absolute Gasteiger partial charge is 0 e. The topological polar surface area (TPSA) is 68.9 Å². The third-order valence-electron chi connectivity index (χ3n) is 1.29. The van der Waals surface area contributed by atoms with Crippen LogP contribution in [0.3, 0.4) is 0 Å². The Balaban J connectivity index is -0.000000142. The molecule has 0 fully saturated rings. The molecular formula is C10H7BF3MnO4-. The average molecular weight is 314 g/mol. The summed E-state index contributed by atoms with van der Waals surface area (Å²) in [5.41, 5.74) is 0.900. The second-order valence-corrected chi connectivity index (χ2v) is 2.45. The van der Waals surface area contributed by atoms with Gasteiger partial charge in [0.25, 0.3) is 0 Å². The van der Waals surface area contributed by atoms with Crippen molar-refractivity contribution in [3.63, 3.8) is 0 Å². The number of hydrogen-bond donors (Lipinski definition) is 0. The van der Waals surface area contributed by atoms with Crippen LogP contribution in [0, 0.1) is 26.9 Å². The van der Waals surface area contributed by atoms with Crippen LogP contribution in [-0.2, 0) is 31.0 Å². The van der Waals surface area contributed by atoms with Crippen LogP contribution < -0.4 is 4.65 Å². The first kappa shape index (κ1) is 26.2. The van der Waals surface area contributed by atoms with Gasteiger partial charge in [-0.2, -0.15) is 0 Å². The van der Waals surface area contributed by atoms with Crippen LogP contribution in [0.4, 0.5) is 12.9 Å². The van der Waals surface area contributed by atoms with Crippen LogP contribution in [-0.4, -0.2) is 7.18 Å². The number of rotatable bonds is 2. The molecule has 0 N–H and O–H groups in total. The molecule has 1 radical (unpaired) electrons. The maximum absolute atomic E-state index is 11.7. The number of aryl methyl sites for hydroxylation is 1. The standard InChI is InChI=1S/C7H7BF3O.3CO.Mn/c1-6-2-4-7(5-3-6)12-8(9,10)11;3*1-2;/h2-5H,1H3;;;;/q-1;;;;. The van der Waals surface area contributed by atoms with Crippen LogP contribution in [0.2, 0.25) is 0 Å². The summed E-state index contributed by atoms with van der Waals surface area (Å²) in [6.07, 6.45) is 0. The minimum atomic E-state index is -5.19. The van der Waals surface area contributed by atoms with Crippen molar-refractivity contribution in [2.24, 2.45) is 0 Å². The van der Waals surface area contributed by atoms with Gasteiger partial charge < -0.3 is 17.6 Å². The van der Waals surface area contributed by atoms with E-state index >= 15 is 0 Å². The molecule has 1 aromatic carbocycles. The van der Waals surface area contributed by atoms with E-state index in [2.05, 4.69) is 24.6 Å². The van der Waals surface area contributed by atoms with E-state index in [-0.39, 0.29) is 22.8 Å². The van der Waals surface area contributed by atoms with E-state index in [4.69, 9.17) is 14.0 Å². The molecule has 103 valence electrons. The summed E-state index contributed by atoms with van der Waals surface area (Å²) in [6, 6.07) is 5.73. The Morgan fingerprint density at radius 2 is 1.21 bits per heavy atom. The van der Waals surface area contributed by atoms with Gasteiger partial charge in [0.1, 0.15) is 0 Å². The van der Waals surface area contributed by atoms with Gasteiger partial charge in [0, 0.05) is 17.1 Å². The molecule has 1 aromatic rings. The molecule has 0 saturated heterocycles. The van der Waals surface area contributed by atoms with Gasteiger partial charge in [0.15, 0.2) is 0 Å². The molecule has 9 heteroatoms. The first-order chi connectivity index (χ1) is 8.47. The van der Waals surface area contributed by atoms with Crippen LogP contribution in [0.1, 0.15) is 5.56 Å². The summed E-state index contributed by atoms with van der Waals surface area (Å²) >= 11 is 0. The molecule has 0 saturated carbocycles. The fourth-order valence-corrected chi connectivity index (χ4v) is 0.771. The van der Waals surface area contributed by atoms with E-state index in [1.54, 1.807) is 19.1 Å². The fourth-order valence-electron chi connectivity index (χ4n) is 0.771. The predicted molar refractivity (Wildman–Crippen MR) is 52.7 cm³/mol. The van der Waals surface area contributed by atoms with E-state index in [0.717, 1.165) is 5.56 Å². The van der Waals surface area contributed by atoms with Gasteiger partial charge in [-0.3, -0.25) is 0 Å². The number of halogens is 3. The normalized spacial score (nSPS) is 7.47. The summed E-state index contributed by atoms with van der Waals surface area (Å²) < 4.78 is 61.3. The Bertz CT molecular complexity index is 359. The Hall–Kier alpha value is -1.39. The molecule has 0 unspecified atom stereocenters. The maximum atomic E-state index is 11.7. The molecular weight excluding hydrogens is 307 g/mol. The van der Waals surface area contributed by atoms with Crippen molar-refractivity contribution in [1.29, 1.82) is 0 Å². The zero-order chi connectivity index (χ0) is 15.2. The minimum absolute atomic E-state index is 0. The van der Waals surface area contributed by atoms with E-state index in [1.807, 2.05) is 0 Å². The van der Waals surface area contributed by atoms with Crippen molar-refractivity contribution in [2.45, 2.75) is 6.92 Å². The molecule has 1 rings (SSSR count). The van der Waals surface area contributed by atoms with Crippen LogP contribution >= 0.6 is 0 Å². The van der Waals surface area contributed by atoms with Gasteiger partial charge >= 0.3 is 41.1 Å². The molecule has 0 atom stereocenters. The molecule has 0 amide bonds. The van der Waals surface area contributed by atoms with Gasteiger partial charge in [-0.05, 0) is 19.1 Å². The Kier molecular flexibility index (Phi) is 22.9. The first-order valence-corrected chi connectivity index (χ1v) is 4.03. The summed E-state index contributed by atoms with van der Waals surface area (Å²) in [6.45, 7) is 15.3. The molecule has 0 spiro atoms. The summed E-state index contributed by atoms with van der Waals surface area (Å²) in [5, 5.41) is 0. The largest absolute Gasteiger partial charge is 0 e. The zero-order valence-corrected chi connectivity index (χ0v) is 10.7. The van der Waals surface area contributed by atoms with Gasteiger partial charge in [0.2, 0.25) is 0 Å². The number of hydrogen-bond acceptors (Lipinski definition) is 1. The summed E-state index contributed by atoms with van der Waals surface area (Å²) in [7, 11) is -5.19. The summed E-state index contributed by atoms with van der Waals surface area (Å²) in [4.78, 5) is 0. The SMILES string of the molecule is Cc1ccc(O[B-](F)(F)F)cc1.[C-]#[O+].[C-]#[O+].[C-]#[O+].[Mn]. The van der Waals surface area contributed by atoms with Crippen LogP contribution in [0.5, 0.6) is 5.75 Å². The first-order valence-electron chi connectivity index (χ1n) is 4.03. The summed E-state index contributed by atoms with van der Waals surface area (Å²) in [5.74, 6) is -0.159. The van der Waals surface area contributed by atoms with Gasteiger partial charge in [-0.25, -0.2) is 0 Å². The molecule has 0 aliphatic carbocycles. The fraction of sp³-hybridized carbons (Fsp3) is 0.100. The van der Waals surface area contributed by atoms with E-state index in [9.17, 15) is 12.9 Å². The van der Waals surface area contributed by atoms with E-state index in [0.29, 0.717) is 0 Å². The second kappa shape index (κ2) is 16.6. The zero-order valence-electron chi connectivity index (χ0n) is 9.53. The van der Waals surface area contributed by atoms with Crippen molar-refractivity contribution in [2.75, 3.05) is 0 Å². The van der Waals surface area contributed by atoms with Crippen molar-refractivity contribution in [3.8, 4) is 5.75 Å². The second-order valence-electron chi connectivity index (χ2n) is 2.45. The minimum Gasteiger partial charge on any atom is 0 e. The third kappa shape index (κ3) is 19.1. The van der Waals surface area contributed by atoms with Gasteiger partial charge in [-0.15, -0.1) is 0 Å². The maximum Gasteiger partial charge on any atom is 0 e. The Morgan fingerprint density at radius 1 is 0.895 bits per heavy atom. The molecule has 0 aromatic heterocycles. The van der Waals surface area contributed by atoms with Gasteiger partial charge in [0.05, 0.1) is 5.75 Å². The van der Waals surface area contributed by atoms with Gasteiger partial charge in [-0.1, -0.05) is 17.7 Å². The van der Waals surface area contributed by atoms with Crippen LogP contribution in [0.25, 0.3) is 0 Å². The van der Waals surface area contributed by atoms with E-state index in [1.165, 1.54) is 12.1 Å². The molecule has 0 aliphatic heterocycles. The molecule has 0 bridgehead atoms. The van der Waals surface area contributed by atoms with Crippen molar-refractivity contribution < 1.29 is 48.6 Å². The van der Waals surface area contributed by atoms with Crippen molar-refractivity contribution >= 4 is 7.18 Å². The van der Waals surface area contributed by atoms with Crippen molar-refractivity contribution in [3.05, 3.63) is 49.8 Å². The van der Waals surface area contributed by atoms with Crippen molar-refractivity contribution in [1.82, 2.24) is 0 Å². The molecule has 4 nitrogen and oxygen atoms in total. The quantitative estimate of drug-likeness (QED) is 0.470. The predicted octanol–water partition coefficient (Wildman–Crippen LogP) is 2.60. The Labute approximate surface area is 119 Å². The number of benzene rings is 1. The average Bonchev–Trinajstić information content (AvgIpc) is 2.38. The molecule has 19 heavy (non-hydrogen) atoms. The molecule has 0 heterocycles. The monoisotopic (exact) mass is 314 g/mol. The third-order valence-corrected chi connectivity index (χ3v) is 1.29. The molecule has 0 aliphatic rings. The Morgan fingerprint density at radius 3 is 1.47 bits per heavy atom. The van der Waals surface area contributed by atoms with Crippen LogP contribution in [0.15, 0.2) is 24.3 Å². The van der Waals surface area contributed by atoms with E-state index < -0.39 is 7.18 Å².